The number of benzene rings is 2. The molecule has 0 saturated carbocycles. The zero-order valence-corrected chi connectivity index (χ0v) is 14.5. The first kappa shape index (κ1) is 16.9. The van der Waals surface area contributed by atoms with Gasteiger partial charge in [-0.05, 0) is 23.3 Å². The van der Waals surface area contributed by atoms with Crippen LogP contribution in [-0.4, -0.2) is 27.1 Å². The number of anilines is 1. The maximum Gasteiger partial charge on any atom is 0.252 e. The van der Waals surface area contributed by atoms with Gasteiger partial charge in [-0.15, -0.1) is 10.2 Å². The Morgan fingerprint density at radius 3 is 2.19 bits per heavy atom. The number of nitrogens with one attached hydrogen (secondary N) is 1. The molecular weight excluding hydrogens is 340 g/mol. The molecule has 6 nitrogen and oxygen atoms in total. The van der Waals surface area contributed by atoms with Crippen molar-refractivity contribution in [2.45, 2.75) is 6.10 Å². The number of carbonyl (C=O) groups excluding carboxylic acids is 1. The molecule has 1 amide bonds. The van der Waals surface area contributed by atoms with Crippen LogP contribution in [0.4, 0.5) is 5.95 Å². The Morgan fingerprint density at radius 2 is 1.52 bits per heavy atom. The van der Waals surface area contributed by atoms with E-state index in [0.717, 1.165) is 11.1 Å². The van der Waals surface area contributed by atoms with Crippen LogP contribution in [0.2, 0.25) is 0 Å². The first-order chi connectivity index (χ1) is 13.3. The predicted molar refractivity (Wildman–Crippen MR) is 102 cm³/mol. The molecule has 2 aromatic carbocycles. The standard InChI is InChI=1S/C21H18N4O2/c26-19(22-21-24-23-18-13-7-8-14-25(18)21)15-27-20(16-9-3-1-4-10-16)17-11-5-2-6-12-17/h1-14,20H,15H2,(H,22,24,26). The van der Waals surface area contributed by atoms with Crippen molar-refractivity contribution < 1.29 is 9.53 Å². The Morgan fingerprint density at radius 1 is 0.889 bits per heavy atom. The first-order valence-electron chi connectivity index (χ1n) is 8.62. The van der Waals surface area contributed by atoms with E-state index >= 15 is 0 Å². The average Bonchev–Trinajstić information content (AvgIpc) is 3.13. The van der Waals surface area contributed by atoms with Gasteiger partial charge in [-0.3, -0.25) is 14.5 Å². The topological polar surface area (TPSA) is 68.5 Å². The molecule has 0 aliphatic carbocycles. The van der Waals surface area contributed by atoms with Crippen LogP contribution < -0.4 is 5.32 Å². The number of hydrogen-bond donors (Lipinski definition) is 1. The Balaban J connectivity index is 1.48. The molecule has 0 unspecified atom stereocenters. The van der Waals surface area contributed by atoms with Crippen molar-refractivity contribution in [2.75, 3.05) is 11.9 Å². The second-order valence-electron chi connectivity index (χ2n) is 6.01. The summed E-state index contributed by atoms with van der Waals surface area (Å²) in [5.74, 6) is 0.0835. The fraction of sp³-hybridized carbons (Fsp3) is 0.0952. The maximum absolute atomic E-state index is 12.4. The summed E-state index contributed by atoms with van der Waals surface area (Å²) < 4.78 is 7.68. The largest absolute Gasteiger partial charge is 0.359 e. The second kappa shape index (κ2) is 7.80. The first-order valence-corrected chi connectivity index (χ1v) is 8.62. The average molecular weight is 358 g/mol. The number of ether oxygens (including phenoxy) is 1. The van der Waals surface area contributed by atoms with Gasteiger partial charge in [0.2, 0.25) is 5.95 Å². The minimum atomic E-state index is -0.326. The van der Waals surface area contributed by atoms with Gasteiger partial charge >= 0.3 is 0 Å². The highest BCUT2D eigenvalue weighted by Gasteiger charge is 2.17. The van der Waals surface area contributed by atoms with Crippen LogP contribution in [0.3, 0.4) is 0 Å². The molecule has 134 valence electrons. The third-order valence-corrected chi connectivity index (χ3v) is 4.15. The van der Waals surface area contributed by atoms with E-state index in [1.807, 2.05) is 78.9 Å². The highest BCUT2D eigenvalue weighted by Crippen LogP contribution is 2.25. The third-order valence-electron chi connectivity index (χ3n) is 4.15. The SMILES string of the molecule is O=C(COC(c1ccccc1)c1ccccc1)Nc1nnc2ccccn12. The van der Waals surface area contributed by atoms with Crippen molar-refractivity contribution in [1.82, 2.24) is 14.6 Å². The molecule has 2 heterocycles. The molecule has 4 aromatic rings. The number of nitrogens with zero attached hydrogens (tertiary/aromatic N) is 3. The van der Waals surface area contributed by atoms with Crippen molar-refractivity contribution in [3.8, 4) is 0 Å². The van der Waals surface area contributed by atoms with E-state index in [4.69, 9.17) is 4.74 Å². The van der Waals surface area contributed by atoms with E-state index in [0.29, 0.717) is 11.6 Å². The minimum absolute atomic E-state index is 0.101. The van der Waals surface area contributed by atoms with Gasteiger partial charge in [0.05, 0.1) is 0 Å². The fourth-order valence-corrected chi connectivity index (χ4v) is 2.89. The van der Waals surface area contributed by atoms with Gasteiger partial charge in [0.25, 0.3) is 5.91 Å². The van der Waals surface area contributed by atoms with E-state index in [2.05, 4.69) is 15.5 Å². The van der Waals surface area contributed by atoms with Crippen LogP contribution in [0.5, 0.6) is 0 Å². The summed E-state index contributed by atoms with van der Waals surface area (Å²) in [6.07, 6.45) is 1.47. The molecule has 0 aliphatic heterocycles. The van der Waals surface area contributed by atoms with Gasteiger partial charge in [0, 0.05) is 6.20 Å². The number of carbonyl (C=O) groups is 1. The number of rotatable bonds is 6. The molecular formula is C21H18N4O2. The van der Waals surface area contributed by atoms with Crippen LogP contribution in [-0.2, 0) is 9.53 Å². The third kappa shape index (κ3) is 3.86. The smallest absolute Gasteiger partial charge is 0.252 e. The van der Waals surface area contributed by atoms with Crippen molar-refractivity contribution in [2.24, 2.45) is 0 Å². The summed E-state index contributed by atoms with van der Waals surface area (Å²) in [5.41, 5.74) is 2.65. The van der Waals surface area contributed by atoms with Crippen molar-refractivity contribution in [1.29, 1.82) is 0 Å². The second-order valence-corrected chi connectivity index (χ2v) is 6.01. The fourth-order valence-electron chi connectivity index (χ4n) is 2.89. The lowest BCUT2D eigenvalue weighted by Gasteiger charge is -2.18. The number of hydrogen-bond acceptors (Lipinski definition) is 4. The normalized spacial score (nSPS) is 11.0. The Bertz CT molecular complexity index is 992. The Kier molecular flexibility index (Phi) is 4.89. The van der Waals surface area contributed by atoms with Gasteiger partial charge in [-0.2, -0.15) is 0 Å². The zero-order chi connectivity index (χ0) is 18.5. The molecule has 1 N–H and O–H groups in total. The van der Waals surface area contributed by atoms with Gasteiger partial charge in [-0.25, -0.2) is 0 Å². The number of amides is 1. The molecule has 0 aliphatic rings. The molecule has 0 radical (unpaired) electrons. The summed E-state index contributed by atoms with van der Waals surface area (Å²) in [4.78, 5) is 12.4. The Hall–Kier alpha value is -3.51. The van der Waals surface area contributed by atoms with Crippen LogP contribution in [0.1, 0.15) is 17.2 Å². The van der Waals surface area contributed by atoms with Gasteiger partial charge in [-0.1, -0.05) is 66.7 Å². The monoisotopic (exact) mass is 358 g/mol. The van der Waals surface area contributed by atoms with Crippen molar-refractivity contribution >= 4 is 17.5 Å². The van der Waals surface area contributed by atoms with E-state index < -0.39 is 0 Å². The minimum Gasteiger partial charge on any atom is -0.359 e. The number of aromatic nitrogens is 3. The Labute approximate surface area is 156 Å². The summed E-state index contributed by atoms with van der Waals surface area (Å²) in [5, 5.41) is 10.8. The molecule has 0 fully saturated rings. The highest BCUT2D eigenvalue weighted by atomic mass is 16.5. The van der Waals surface area contributed by atoms with E-state index in [9.17, 15) is 4.79 Å². The van der Waals surface area contributed by atoms with E-state index in [-0.39, 0.29) is 18.6 Å². The molecule has 6 heteroatoms. The lowest BCUT2D eigenvalue weighted by atomic mass is 10.0. The zero-order valence-electron chi connectivity index (χ0n) is 14.5. The van der Waals surface area contributed by atoms with E-state index in [1.54, 1.807) is 10.6 Å². The molecule has 0 saturated heterocycles. The number of pyridine rings is 1. The summed E-state index contributed by atoms with van der Waals surface area (Å²) in [6, 6.07) is 25.2. The van der Waals surface area contributed by atoms with Crippen LogP contribution in [0.15, 0.2) is 85.1 Å². The summed E-state index contributed by atoms with van der Waals surface area (Å²) in [6.45, 7) is -0.101. The lowest BCUT2D eigenvalue weighted by Crippen LogP contribution is -2.21. The van der Waals surface area contributed by atoms with Gasteiger partial charge < -0.3 is 4.74 Å². The number of fused-ring (bicyclic) bond motifs is 1. The summed E-state index contributed by atoms with van der Waals surface area (Å²) >= 11 is 0. The quantitative estimate of drug-likeness (QED) is 0.573. The van der Waals surface area contributed by atoms with E-state index in [1.165, 1.54) is 0 Å². The van der Waals surface area contributed by atoms with Gasteiger partial charge in [0.1, 0.15) is 12.7 Å². The predicted octanol–water partition coefficient (Wildman–Crippen LogP) is 3.47. The lowest BCUT2D eigenvalue weighted by molar-refractivity contribution is -0.122. The van der Waals surface area contributed by atoms with Gasteiger partial charge in [0.15, 0.2) is 5.65 Å². The molecule has 27 heavy (non-hydrogen) atoms. The van der Waals surface area contributed by atoms with Crippen LogP contribution >= 0.6 is 0 Å². The molecule has 4 rings (SSSR count). The highest BCUT2D eigenvalue weighted by molar-refractivity contribution is 5.90. The van der Waals surface area contributed by atoms with Crippen LogP contribution in [0.25, 0.3) is 5.65 Å². The van der Waals surface area contributed by atoms with Crippen molar-refractivity contribution in [3.05, 3.63) is 96.2 Å². The molecule has 0 spiro atoms. The molecule has 0 bridgehead atoms. The molecule has 2 aromatic heterocycles. The molecule has 0 atom stereocenters. The maximum atomic E-state index is 12.4. The van der Waals surface area contributed by atoms with Crippen LogP contribution in [0, 0.1) is 0 Å². The van der Waals surface area contributed by atoms with Crippen molar-refractivity contribution in [3.63, 3.8) is 0 Å². The summed E-state index contributed by atoms with van der Waals surface area (Å²) in [7, 11) is 0.